The second kappa shape index (κ2) is 38.3. The molecule has 0 saturated heterocycles. The van der Waals surface area contributed by atoms with Gasteiger partial charge in [-0.15, -0.1) is 37.2 Å². The molecule has 0 aromatic carbocycles. The van der Waals surface area contributed by atoms with E-state index in [1.54, 1.807) is 4.90 Å². The van der Waals surface area contributed by atoms with E-state index in [4.69, 9.17) is 17.2 Å². The van der Waals surface area contributed by atoms with E-state index in [9.17, 15) is 39.3 Å². The number of amides is 5. The molecule has 5 amide bonds. The molecule has 0 bridgehead atoms. The number of nitrogens with one attached hydrogen (secondary N) is 2. The SMILES string of the molecule is CC/C=C\CCC(=O)NCCCN(CCCCN(CCCN(CCCNC(=O)CC/C=C\CC)C(=O)[C@@H](N)CO)C(=O)[C@@H](N)CO)C(=O)[C@@H](N)CO.Cl.Cl.Cl. The quantitative estimate of drug-likeness (QED) is 0.0349. The molecule has 0 rings (SSSR count). The zero-order valence-corrected chi connectivity index (χ0v) is 35.2. The van der Waals surface area contributed by atoms with E-state index in [1.165, 1.54) is 9.80 Å². The molecular weight excluding hydrogens is 779 g/mol. The zero-order chi connectivity index (χ0) is 39.1. The fourth-order valence-corrected chi connectivity index (χ4v) is 5.16. The van der Waals surface area contributed by atoms with Gasteiger partial charge in [-0.25, -0.2) is 0 Å². The van der Waals surface area contributed by atoms with E-state index < -0.39 is 55.7 Å². The highest BCUT2D eigenvalue weighted by atomic mass is 35.5. The van der Waals surface area contributed by atoms with Gasteiger partial charge in [0.1, 0.15) is 18.1 Å². The molecule has 0 heterocycles. The summed E-state index contributed by atoms with van der Waals surface area (Å²) in [7, 11) is 0. The van der Waals surface area contributed by atoms with Crippen LogP contribution in [0.2, 0.25) is 0 Å². The number of aliphatic hydroxyl groups excluding tert-OH is 3. The van der Waals surface area contributed by atoms with Gasteiger partial charge in [0.05, 0.1) is 19.8 Å². The molecule has 0 saturated carbocycles. The van der Waals surface area contributed by atoms with E-state index >= 15 is 0 Å². The molecule has 0 aliphatic rings. The number of hydrogen-bond acceptors (Lipinski definition) is 11. The second-order valence-corrected chi connectivity index (χ2v) is 12.6. The van der Waals surface area contributed by atoms with Gasteiger partial charge in [0.15, 0.2) is 0 Å². The Bertz CT molecular complexity index is 1090. The lowest BCUT2D eigenvalue weighted by molar-refractivity contribution is -0.135. The lowest BCUT2D eigenvalue weighted by Crippen LogP contribution is -2.49. The van der Waals surface area contributed by atoms with Gasteiger partial charge in [0.25, 0.3) is 0 Å². The monoisotopic (exact) mass is 848 g/mol. The van der Waals surface area contributed by atoms with Gasteiger partial charge in [-0.1, -0.05) is 38.2 Å². The standard InChI is InChI=1S/C36H68N8O8.3ClH/c1-3-5-7-9-16-32(48)40-18-13-22-42(34(50)29(37)26-45)20-11-12-21-43(35(51)30(38)27-46)24-15-25-44(36(52)31(39)28-47)23-14-19-41-33(49)17-10-8-6-4-2;;;/h5-8,29-31,45-47H,3-4,9-28,37-39H2,1-2H3,(H,40,48)(H,41,49);3*1H/b7-5-,8-6-;;;/t29-,30-,31-;;;/m0.../s1. The van der Waals surface area contributed by atoms with Crippen molar-refractivity contribution in [2.24, 2.45) is 17.2 Å². The molecule has 11 N–H and O–H groups in total. The van der Waals surface area contributed by atoms with Crippen LogP contribution < -0.4 is 27.8 Å². The number of carbonyl (C=O) groups is 5. The summed E-state index contributed by atoms with van der Waals surface area (Å²) < 4.78 is 0. The van der Waals surface area contributed by atoms with Crippen molar-refractivity contribution in [3.63, 3.8) is 0 Å². The number of halogens is 3. The number of aliphatic hydroxyl groups is 3. The fourth-order valence-electron chi connectivity index (χ4n) is 5.16. The summed E-state index contributed by atoms with van der Waals surface area (Å²) in [6, 6.07) is -3.30. The number of rotatable bonds is 31. The highest BCUT2D eigenvalue weighted by Crippen LogP contribution is 2.07. The van der Waals surface area contributed by atoms with E-state index in [0.717, 1.165) is 12.8 Å². The molecular formula is C36H71Cl3N8O8. The third-order valence-corrected chi connectivity index (χ3v) is 8.17. The Balaban J connectivity index is -0.00000433. The number of carbonyl (C=O) groups excluding carboxylic acids is 5. The van der Waals surface area contributed by atoms with Crippen LogP contribution in [0.1, 0.15) is 84.5 Å². The van der Waals surface area contributed by atoms with Crippen molar-refractivity contribution in [1.29, 1.82) is 0 Å². The van der Waals surface area contributed by atoms with Crippen molar-refractivity contribution >= 4 is 66.8 Å². The molecule has 0 aliphatic carbocycles. The third-order valence-electron chi connectivity index (χ3n) is 8.17. The molecule has 3 atom stereocenters. The molecule has 0 aromatic heterocycles. The summed E-state index contributed by atoms with van der Waals surface area (Å²) >= 11 is 0. The minimum absolute atomic E-state index is 0. The normalized spacial score (nSPS) is 12.4. The maximum absolute atomic E-state index is 13.0. The number of allylic oxidation sites excluding steroid dienone is 4. The number of nitrogens with zero attached hydrogens (tertiary/aromatic N) is 3. The minimum Gasteiger partial charge on any atom is -0.394 e. The summed E-state index contributed by atoms with van der Waals surface area (Å²) in [6.07, 6.45) is 14.1. The Hall–Kier alpha value is -2.54. The molecule has 0 fully saturated rings. The second-order valence-electron chi connectivity index (χ2n) is 12.6. The highest BCUT2D eigenvalue weighted by molar-refractivity contribution is 5.86. The van der Waals surface area contributed by atoms with Crippen LogP contribution in [0.25, 0.3) is 0 Å². The van der Waals surface area contributed by atoms with Gasteiger partial charge in [0.2, 0.25) is 29.5 Å². The molecule has 0 radical (unpaired) electrons. The topological polar surface area (TPSA) is 258 Å². The Morgan fingerprint density at radius 3 is 1.09 bits per heavy atom. The van der Waals surface area contributed by atoms with E-state index in [2.05, 4.69) is 10.6 Å². The average Bonchev–Trinajstić information content (AvgIpc) is 3.15. The minimum atomic E-state index is -1.12. The molecule has 55 heavy (non-hydrogen) atoms. The van der Waals surface area contributed by atoms with Crippen LogP contribution in [0.15, 0.2) is 24.3 Å². The molecule has 0 unspecified atom stereocenters. The lowest BCUT2D eigenvalue weighted by Gasteiger charge is -2.29. The van der Waals surface area contributed by atoms with Crippen molar-refractivity contribution in [3.8, 4) is 0 Å². The van der Waals surface area contributed by atoms with Crippen molar-refractivity contribution in [1.82, 2.24) is 25.3 Å². The lowest BCUT2D eigenvalue weighted by atomic mass is 10.2. The number of unbranched alkanes of at least 4 members (excludes halogenated alkanes) is 1. The summed E-state index contributed by atoms with van der Waals surface area (Å²) in [5, 5.41) is 34.2. The molecule has 19 heteroatoms. The van der Waals surface area contributed by atoms with Crippen LogP contribution in [0, 0.1) is 0 Å². The molecule has 324 valence electrons. The Morgan fingerprint density at radius 2 is 0.800 bits per heavy atom. The van der Waals surface area contributed by atoms with Crippen LogP contribution in [-0.4, -0.2) is 150 Å². The van der Waals surface area contributed by atoms with E-state index in [-0.39, 0.29) is 75.2 Å². The molecule has 0 aliphatic heterocycles. The van der Waals surface area contributed by atoms with Gasteiger partial charge in [-0.3, -0.25) is 24.0 Å². The summed E-state index contributed by atoms with van der Waals surface area (Å²) in [4.78, 5) is 67.5. The fraction of sp³-hybridized carbons (Fsp3) is 0.750. The Labute approximate surface area is 346 Å². The van der Waals surface area contributed by atoms with Gasteiger partial charge >= 0.3 is 0 Å². The number of hydrogen-bond donors (Lipinski definition) is 8. The Morgan fingerprint density at radius 1 is 0.509 bits per heavy atom. The largest absolute Gasteiger partial charge is 0.394 e. The maximum atomic E-state index is 13.0. The van der Waals surface area contributed by atoms with Crippen LogP contribution in [0.3, 0.4) is 0 Å². The molecule has 16 nitrogen and oxygen atoms in total. The smallest absolute Gasteiger partial charge is 0.241 e. The highest BCUT2D eigenvalue weighted by Gasteiger charge is 2.24. The first-order chi connectivity index (χ1) is 25.0. The van der Waals surface area contributed by atoms with Crippen LogP contribution >= 0.6 is 37.2 Å². The Kier molecular flexibility index (Phi) is 41.2. The number of nitrogens with two attached hydrogens (primary N) is 3. The van der Waals surface area contributed by atoms with E-state index in [1.807, 2.05) is 38.2 Å². The average molecular weight is 850 g/mol. The summed E-state index contributed by atoms with van der Waals surface area (Å²) in [5.41, 5.74) is 17.5. The van der Waals surface area contributed by atoms with Crippen LogP contribution in [0.5, 0.6) is 0 Å². The first-order valence-electron chi connectivity index (χ1n) is 18.8. The van der Waals surface area contributed by atoms with Crippen molar-refractivity contribution in [3.05, 3.63) is 24.3 Å². The predicted octanol–water partition coefficient (Wildman–Crippen LogP) is 0.372. The van der Waals surface area contributed by atoms with Crippen LogP contribution in [0.4, 0.5) is 0 Å². The van der Waals surface area contributed by atoms with Crippen molar-refractivity contribution in [2.75, 3.05) is 72.2 Å². The van der Waals surface area contributed by atoms with E-state index in [0.29, 0.717) is 84.0 Å². The predicted molar refractivity (Wildman–Crippen MR) is 223 cm³/mol. The van der Waals surface area contributed by atoms with Gasteiger partial charge in [0, 0.05) is 65.2 Å². The third kappa shape index (κ3) is 28.5. The zero-order valence-electron chi connectivity index (χ0n) is 32.8. The first kappa shape index (κ1) is 59.2. The van der Waals surface area contributed by atoms with Gasteiger partial charge < -0.3 is 57.9 Å². The molecule has 0 aromatic rings. The molecule has 0 spiro atoms. The maximum Gasteiger partial charge on any atom is 0.241 e. The summed E-state index contributed by atoms with van der Waals surface area (Å²) in [6.45, 7) is 4.84. The van der Waals surface area contributed by atoms with Crippen molar-refractivity contribution in [2.45, 2.75) is 103 Å². The first-order valence-corrected chi connectivity index (χ1v) is 18.8. The van der Waals surface area contributed by atoms with Crippen molar-refractivity contribution < 1.29 is 39.3 Å². The van der Waals surface area contributed by atoms with Gasteiger partial charge in [-0.05, 0) is 57.8 Å². The van der Waals surface area contributed by atoms with Crippen LogP contribution in [-0.2, 0) is 24.0 Å². The van der Waals surface area contributed by atoms with Gasteiger partial charge in [-0.2, -0.15) is 0 Å². The summed E-state index contributed by atoms with van der Waals surface area (Å²) in [5.74, 6) is -1.48.